The predicted octanol–water partition coefficient (Wildman–Crippen LogP) is 6.77. The van der Waals surface area contributed by atoms with Crippen molar-refractivity contribution in [3.8, 4) is 11.8 Å². The van der Waals surface area contributed by atoms with E-state index in [0.29, 0.717) is 25.8 Å². The fourth-order valence-electron chi connectivity index (χ4n) is 9.58. The zero-order chi connectivity index (χ0) is 51.4. The Morgan fingerprint density at radius 2 is 1.62 bits per heavy atom. The molecular weight excluding hydrogens is 962 g/mol. The summed E-state index contributed by atoms with van der Waals surface area (Å²) in [6, 6.07) is 15.7. The number of benzene rings is 4. The second kappa shape index (κ2) is 21.7. The van der Waals surface area contributed by atoms with E-state index < -0.39 is 87.9 Å². The first kappa shape index (κ1) is 52.1. The maximum atomic E-state index is 16.1. The Kier molecular flexibility index (Phi) is 15.9. The third-order valence-corrected chi connectivity index (χ3v) is 13.2. The second-order valence-electron chi connectivity index (χ2n) is 18.8. The molecule has 0 bridgehead atoms. The predicted molar refractivity (Wildman–Crippen MR) is 260 cm³/mol. The fourth-order valence-corrected chi connectivity index (χ4v) is 9.90. The van der Waals surface area contributed by atoms with Gasteiger partial charge in [0, 0.05) is 46.1 Å². The molecule has 5 atom stereocenters. The number of carbonyl (C=O) groups excluding carboxylic acids is 7. The topological polar surface area (TPSA) is 228 Å². The number of hydrogen-bond acceptors (Lipinski definition) is 11. The minimum absolute atomic E-state index is 0.0306. The molecule has 7 amide bonds. The van der Waals surface area contributed by atoms with Crippen molar-refractivity contribution in [3.63, 3.8) is 0 Å². The number of methoxy groups -OCH3 is 1. The average Bonchev–Trinajstić information content (AvgIpc) is 3.69. The Hall–Kier alpha value is -6.78. The smallest absolute Gasteiger partial charge is 0.264 e. The lowest BCUT2D eigenvalue weighted by Gasteiger charge is -2.37. The summed E-state index contributed by atoms with van der Waals surface area (Å²) in [6.07, 6.45) is 1.89. The standard InChI is InChI=1S/C51H52Cl2F2N8O8/c1-50(2,3)24-39-51(26-56,32-17-15-29(53)23-34(32)55)43(30-16-14-28(52)22-33(30)54)44(61-39)47(68)60-35-18-13-27(21-38(35)71-4)45(66)58-20-6-5-19-57-25-41(65)59-36-10-7-9-31-42(36)49(70)63(48(31)69)37-11-8-12-40(64)62-46(37)67/h7,9-10,13-18,21-23,37,39,43-44,57,61H,5-6,8,11-12,19-20,24-25H2,1-4H3,(H,58,66)(H,59,65)(H,60,68)(H,62,64,67)/t37?,39-,43-,44+,51-/m0/s1. The highest BCUT2D eigenvalue weighted by Gasteiger charge is 2.61. The van der Waals surface area contributed by atoms with Crippen LogP contribution in [0.15, 0.2) is 72.8 Å². The van der Waals surface area contributed by atoms with Crippen molar-refractivity contribution < 1.29 is 47.1 Å². The summed E-state index contributed by atoms with van der Waals surface area (Å²) in [4.78, 5) is 92.7. The molecule has 2 fully saturated rings. The van der Waals surface area contributed by atoms with Crippen LogP contribution >= 0.6 is 23.2 Å². The Morgan fingerprint density at radius 3 is 2.31 bits per heavy atom. The Labute approximate surface area is 418 Å². The number of anilines is 2. The van der Waals surface area contributed by atoms with E-state index in [1.165, 1.54) is 67.8 Å². The molecule has 16 nitrogen and oxygen atoms in total. The molecule has 3 heterocycles. The zero-order valence-electron chi connectivity index (χ0n) is 39.3. The second-order valence-corrected chi connectivity index (χ2v) is 19.7. The van der Waals surface area contributed by atoms with E-state index in [-0.39, 0.29) is 87.3 Å². The monoisotopic (exact) mass is 1010 g/mol. The lowest BCUT2D eigenvalue weighted by molar-refractivity contribution is -0.131. The number of carbonyl (C=O) groups is 7. The molecule has 1 unspecified atom stereocenters. The van der Waals surface area contributed by atoms with Crippen LogP contribution in [0.5, 0.6) is 5.75 Å². The Balaban J connectivity index is 0.950. The molecule has 0 radical (unpaired) electrons. The van der Waals surface area contributed by atoms with Gasteiger partial charge in [0.15, 0.2) is 0 Å². The van der Waals surface area contributed by atoms with Crippen molar-refractivity contribution in [3.05, 3.63) is 122 Å². The number of nitrogens with zero attached hydrogens (tertiary/aromatic N) is 2. The summed E-state index contributed by atoms with van der Waals surface area (Å²) in [7, 11) is 1.36. The average molecular weight is 1010 g/mol. The van der Waals surface area contributed by atoms with Crippen LogP contribution in [-0.4, -0.2) is 91.1 Å². The fraction of sp³-hybridized carbons (Fsp3) is 0.373. The summed E-state index contributed by atoms with van der Waals surface area (Å²) < 4.78 is 37.7. The lowest BCUT2D eigenvalue weighted by atomic mass is 9.62. The Bertz CT molecular complexity index is 2850. The summed E-state index contributed by atoms with van der Waals surface area (Å²) in [5.74, 6) is -6.97. The number of ether oxygens (including phenoxy) is 1. The van der Waals surface area contributed by atoms with Crippen LogP contribution in [0.2, 0.25) is 10.0 Å². The van der Waals surface area contributed by atoms with Crippen molar-refractivity contribution in [2.75, 3.05) is 37.4 Å². The van der Waals surface area contributed by atoms with E-state index in [1.54, 1.807) is 0 Å². The SMILES string of the molecule is COc1cc(C(=O)NCCCCNCC(=O)Nc2cccc3c2C(=O)N(C2CCCC(=O)NC2=O)C3=O)ccc1NC(=O)[C@@H]1N[C@@H](CC(C)(C)C)[C@](C#N)(c2ccc(Cl)cc2F)[C@H]1c1ccc(Cl)cc1F. The summed E-state index contributed by atoms with van der Waals surface area (Å²) in [5.41, 5.74) is -1.86. The van der Waals surface area contributed by atoms with Gasteiger partial charge in [-0.3, -0.25) is 43.8 Å². The molecule has 3 aliphatic heterocycles. The molecule has 3 aliphatic rings. The van der Waals surface area contributed by atoms with Gasteiger partial charge in [0.25, 0.3) is 17.7 Å². The molecule has 0 aromatic heterocycles. The first-order chi connectivity index (χ1) is 33.8. The number of amides is 7. The quantitative estimate of drug-likeness (QED) is 0.0507. The molecule has 7 rings (SSSR count). The molecule has 6 N–H and O–H groups in total. The van der Waals surface area contributed by atoms with Gasteiger partial charge in [-0.2, -0.15) is 5.26 Å². The van der Waals surface area contributed by atoms with Gasteiger partial charge < -0.3 is 31.3 Å². The number of fused-ring (bicyclic) bond motifs is 1. The molecule has 0 spiro atoms. The van der Waals surface area contributed by atoms with Crippen LogP contribution in [-0.2, 0) is 24.6 Å². The van der Waals surface area contributed by atoms with Gasteiger partial charge in [0.1, 0.15) is 28.8 Å². The van der Waals surface area contributed by atoms with Crippen molar-refractivity contribution in [2.24, 2.45) is 5.41 Å². The molecule has 20 heteroatoms. The van der Waals surface area contributed by atoms with Crippen molar-refractivity contribution >= 4 is 75.9 Å². The third kappa shape index (κ3) is 11.1. The first-order valence-corrected chi connectivity index (χ1v) is 23.7. The van der Waals surface area contributed by atoms with E-state index in [1.807, 2.05) is 20.8 Å². The highest BCUT2D eigenvalue weighted by molar-refractivity contribution is 6.31. The van der Waals surface area contributed by atoms with E-state index in [9.17, 15) is 38.8 Å². The van der Waals surface area contributed by atoms with Crippen LogP contribution < -0.4 is 36.6 Å². The normalized spacial score (nSPS) is 21.0. The van der Waals surface area contributed by atoms with Crippen LogP contribution in [0.3, 0.4) is 0 Å². The van der Waals surface area contributed by atoms with E-state index in [2.05, 4.69) is 38.0 Å². The number of nitriles is 1. The van der Waals surface area contributed by atoms with Crippen LogP contribution in [0.25, 0.3) is 0 Å². The largest absolute Gasteiger partial charge is 0.495 e. The van der Waals surface area contributed by atoms with Crippen molar-refractivity contribution in [1.82, 2.24) is 26.2 Å². The third-order valence-electron chi connectivity index (χ3n) is 12.8. The summed E-state index contributed by atoms with van der Waals surface area (Å²) in [6.45, 7) is 6.33. The first-order valence-electron chi connectivity index (χ1n) is 23.0. The molecule has 71 heavy (non-hydrogen) atoms. The van der Waals surface area contributed by atoms with Gasteiger partial charge in [-0.1, -0.05) is 62.2 Å². The van der Waals surface area contributed by atoms with Crippen LogP contribution in [0.4, 0.5) is 20.2 Å². The molecule has 0 aliphatic carbocycles. The number of hydrogen-bond donors (Lipinski definition) is 6. The van der Waals surface area contributed by atoms with E-state index in [4.69, 9.17) is 27.9 Å². The van der Waals surface area contributed by atoms with E-state index >= 15 is 8.78 Å². The highest BCUT2D eigenvalue weighted by Crippen LogP contribution is 2.53. The van der Waals surface area contributed by atoms with Gasteiger partial charge >= 0.3 is 0 Å². The van der Waals surface area contributed by atoms with E-state index in [0.717, 1.165) is 17.0 Å². The summed E-state index contributed by atoms with van der Waals surface area (Å²) in [5, 5.41) is 28.2. The molecule has 372 valence electrons. The number of unbranched alkanes of at least 4 members (excludes halogenated alkanes) is 1. The maximum absolute atomic E-state index is 16.1. The van der Waals surface area contributed by atoms with Gasteiger partial charge in [0.05, 0.1) is 48.3 Å². The molecule has 4 aromatic rings. The molecule has 0 saturated carbocycles. The van der Waals surface area contributed by atoms with Crippen LogP contribution in [0.1, 0.15) is 107 Å². The lowest BCUT2D eigenvalue weighted by Crippen LogP contribution is -2.49. The highest BCUT2D eigenvalue weighted by atomic mass is 35.5. The minimum atomic E-state index is -1.82. The molecule has 4 aromatic carbocycles. The number of imide groups is 2. The van der Waals surface area contributed by atoms with Gasteiger partial charge in [-0.15, -0.1) is 0 Å². The number of halogens is 4. The van der Waals surface area contributed by atoms with Gasteiger partial charge in [0.2, 0.25) is 23.6 Å². The van der Waals surface area contributed by atoms with Crippen LogP contribution in [0, 0.1) is 28.4 Å². The number of nitrogens with one attached hydrogen (secondary N) is 6. The number of rotatable bonds is 16. The summed E-state index contributed by atoms with van der Waals surface area (Å²) >= 11 is 12.3. The molecular formula is C51H52Cl2F2N8O8. The molecule has 2 saturated heterocycles. The van der Waals surface area contributed by atoms with Gasteiger partial charge in [-0.05, 0) is 104 Å². The Morgan fingerprint density at radius 1 is 0.901 bits per heavy atom. The zero-order valence-corrected chi connectivity index (χ0v) is 40.8. The van der Waals surface area contributed by atoms with Crippen molar-refractivity contribution in [1.29, 1.82) is 5.26 Å². The minimum Gasteiger partial charge on any atom is -0.495 e. The van der Waals surface area contributed by atoms with Gasteiger partial charge in [-0.25, -0.2) is 8.78 Å². The van der Waals surface area contributed by atoms with Crippen molar-refractivity contribution in [2.45, 2.75) is 88.8 Å². The maximum Gasteiger partial charge on any atom is 0.264 e.